The summed E-state index contributed by atoms with van der Waals surface area (Å²) in [4.78, 5) is 0. The van der Waals surface area contributed by atoms with Gasteiger partial charge in [0.1, 0.15) is 0 Å². The van der Waals surface area contributed by atoms with Crippen LogP contribution in [0.3, 0.4) is 0 Å². The van der Waals surface area contributed by atoms with E-state index >= 15 is 0 Å². The first kappa shape index (κ1) is 29.4. The molecule has 0 aliphatic heterocycles. The maximum atomic E-state index is 8.25. The Morgan fingerprint density at radius 1 is 0.538 bits per heavy atom. The minimum Gasteiger partial charge on any atom is 4.00 e. The molecular weight excluding hydrogens is 290 g/mol. The number of hydrogen-bond donors (Lipinski definition) is 0. The summed E-state index contributed by atoms with van der Waals surface area (Å²) in [6.07, 6.45) is 0. The molecule has 0 aromatic carbocycles. The summed E-state index contributed by atoms with van der Waals surface area (Å²) in [6, 6.07) is 0. The topological polar surface area (TPSA) is 161 Å². The molecule has 0 rings (SSSR count). The minimum atomic E-state index is -0.500. The Hall–Kier alpha value is -0.542. The average Bonchev–Trinajstić information content (AvgIpc) is 1.92. The first-order valence-electron chi connectivity index (χ1n) is 1.89. The first-order chi connectivity index (χ1) is 5.66. The Bertz CT molecular complexity index is 70.1. The largest absolute Gasteiger partial charge is 4.00 e. The fourth-order valence-electron chi connectivity index (χ4n) is 0. The zero-order valence-corrected chi connectivity index (χ0v) is 8.93. The quantitative estimate of drug-likeness (QED) is 0.397. The first-order valence-corrected chi connectivity index (χ1v) is 1.89. The predicted octanol–water partition coefficient (Wildman–Crippen LogP) is -7.14. The van der Waals surface area contributed by atoms with E-state index in [9.17, 15) is 0 Å². The third kappa shape index (κ3) is 3500. The third-order valence-electron chi connectivity index (χ3n) is 0. The van der Waals surface area contributed by atoms with Gasteiger partial charge < -0.3 is 0 Å². The standard InChI is InChI=1S/4BO2.Sn/c4*2-1-3;/q4*-1;+4. The van der Waals surface area contributed by atoms with Crippen LogP contribution < -0.4 is 20.1 Å². The van der Waals surface area contributed by atoms with Crippen molar-refractivity contribution >= 4 is 53.3 Å². The zero-order valence-electron chi connectivity index (χ0n) is 6.08. The van der Waals surface area contributed by atoms with Gasteiger partial charge in [-0.05, 0) is 0 Å². The fourth-order valence-corrected chi connectivity index (χ4v) is 0. The van der Waals surface area contributed by atoms with Crippen LogP contribution >= 0.6 is 0 Å². The molecule has 0 aromatic heterocycles. The molecule has 0 aromatic rings. The molecule has 0 saturated carbocycles. The van der Waals surface area contributed by atoms with Crippen molar-refractivity contribution in [3.05, 3.63) is 0 Å². The summed E-state index contributed by atoms with van der Waals surface area (Å²) >= 11 is 0. The molecule has 0 heterocycles. The smallest absolute Gasteiger partial charge is 4.00 e. The van der Waals surface area contributed by atoms with Crippen LogP contribution in [-0.4, -0.2) is 53.3 Å². The van der Waals surface area contributed by atoms with E-state index in [1.165, 1.54) is 0 Å². The van der Waals surface area contributed by atoms with E-state index in [0.717, 1.165) is 0 Å². The predicted molar refractivity (Wildman–Crippen MR) is 31.5 cm³/mol. The Labute approximate surface area is 92.4 Å². The molecule has 0 spiro atoms. The molecule has 64 valence electrons. The van der Waals surface area contributed by atoms with E-state index in [4.69, 9.17) is 38.9 Å². The Morgan fingerprint density at radius 3 is 0.538 bits per heavy atom. The van der Waals surface area contributed by atoms with E-state index in [0.29, 0.717) is 0 Å². The van der Waals surface area contributed by atoms with Crippen molar-refractivity contribution in [2.45, 2.75) is 0 Å². The van der Waals surface area contributed by atoms with Crippen LogP contribution in [0.2, 0.25) is 0 Å². The maximum absolute atomic E-state index is 8.25. The summed E-state index contributed by atoms with van der Waals surface area (Å²) in [5, 5.41) is 33.0. The molecule has 0 radical (unpaired) electrons. The molecule has 0 unspecified atom stereocenters. The summed E-state index contributed by atoms with van der Waals surface area (Å²) < 4.78 is 33.0. The van der Waals surface area contributed by atoms with Crippen molar-refractivity contribution in [1.29, 1.82) is 0 Å². The molecule has 0 saturated heterocycles. The molecule has 0 amide bonds. The van der Waals surface area contributed by atoms with Crippen LogP contribution in [0.5, 0.6) is 0 Å². The molecule has 0 atom stereocenters. The van der Waals surface area contributed by atoms with Gasteiger partial charge in [0.15, 0.2) is 0 Å². The molecule has 0 bridgehead atoms. The van der Waals surface area contributed by atoms with Crippen molar-refractivity contribution in [3.63, 3.8) is 0 Å². The van der Waals surface area contributed by atoms with E-state index in [-0.39, 0.29) is 23.9 Å². The van der Waals surface area contributed by atoms with Gasteiger partial charge in [0.2, 0.25) is 0 Å². The Balaban J connectivity index is -0.0000000213. The van der Waals surface area contributed by atoms with Crippen LogP contribution in [0, 0.1) is 0 Å². The van der Waals surface area contributed by atoms with Crippen LogP contribution in [0.1, 0.15) is 0 Å². The molecule has 0 aliphatic rings. The Morgan fingerprint density at radius 2 is 0.538 bits per heavy atom. The van der Waals surface area contributed by atoms with E-state index in [1.54, 1.807) is 0 Å². The van der Waals surface area contributed by atoms with Gasteiger partial charge in [-0.3, -0.25) is 0 Å². The molecule has 0 fully saturated rings. The van der Waals surface area contributed by atoms with Gasteiger partial charge >= 0.3 is 92.2 Å². The van der Waals surface area contributed by atoms with E-state index in [1.807, 2.05) is 0 Å². The SMILES string of the molecule is O=B[O-].O=B[O-].O=B[O-].O=B[O-].[Sn+4]. The fraction of sp³-hybridized carbons (Fsp3) is 0. The average molecular weight is 290 g/mol. The molecule has 0 N–H and O–H groups in total. The van der Waals surface area contributed by atoms with Crippen molar-refractivity contribution < 1.29 is 38.9 Å². The van der Waals surface area contributed by atoms with Crippen molar-refractivity contribution in [2.75, 3.05) is 0 Å². The summed E-state index contributed by atoms with van der Waals surface area (Å²) in [5.74, 6) is 0. The number of hydrogen-bond acceptors (Lipinski definition) is 8. The van der Waals surface area contributed by atoms with Gasteiger partial charge in [0, 0.05) is 0 Å². The molecule has 13 heteroatoms. The second kappa shape index (κ2) is 105. The zero-order chi connectivity index (χ0) is 10.8. The van der Waals surface area contributed by atoms with Crippen molar-refractivity contribution in [1.82, 2.24) is 0 Å². The number of rotatable bonds is 0. The van der Waals surface area contributed by atoms with Gasteiger partial charge in [0.05, 0.1) is 0 Å². The summed E-state index contributed by atoms with van der Waals surface area (Å²) in [7, 11) is -2.00. The summed E-state index contributed by atoms with van der Waals surface area (Å²) in [5.41, 5.74) is 0. The van der Waals surface area contributed by atoms with Gasteiger partial charge in [-0.1, -0.05) is 0 Å². The van der Waals surface area contributed by atoms with Crippen LogP contribution in [0.15, 0.2) is 0 Å². The monoisotopic (exact) mass is 292 g/mol. The van der Waals surface area contributed by atoms with Crippen LogP contribution in [0.25, 0.3) is 0 Å². The summed E-state index contributed by atoms with van der Waals surface area (Å²) in [6.45, 7) is 0. The molecular formula is B4O8Sn. The van der Waals surface area contributed by atoms with E-state index in [2.05, 4.69) is 0 Å². The van der Waals surface area contributed by atoms with Crippen LogP contribution in [-0.2, 0) is 18.8 Å². The van der Waals surface area contributed by atoms with E-state index < -0.39 is 29.4 Å². The van der Waals surface area contributed by atoms with Crippen LogP contribution in [0.4, 0.5) is 0 Å². The molecule has 0 aliphatic carbocycles. The minimum absolute atomic E-state index is 0. The Kier molecular flexibility index (Phi) is 237. The van der Waals surface area contributed by atoms with Gasteiger partial charge in [-0.2, -0.15) is 0 Å². The third-order valence-corrected chi connectivity index (χ3v) is 0. The second-order valence-electron chi connectivity index (χ2n) is 0.385. The van der Waals surface area contributed by atoms with Gasteiger partial charge in [-0.15, -0.1) is 0 Å². The van der Waals surface area contributed by atoms with Gasteiger partial charge in [0.25, 0.3) is 0 Å². The van der Waals surface area contributed by atoms with Gasteiger partial charge in [-0.25, -0.2) is 0 Å². The second-order valence-corrected chi connectivity index (χ2v) is 0.385. The van der Waals surface area contributed by atoms with Crippen molar-refractivity contribution in [3.8, 4) is 0 Å². The molecule has 8 nitrogen and oxygen atoms in total. The normalized spacial score (nSPS) is 2.46. The maximum Gasteiger partial charge on any atom is 4.00 e. The molecule has 13 heavy (non-hydrogen) atoms. The van der Waals surface area contributed by atoms with Crippen molar-refractivity contribution in [2.24, 2.45) is 0 Å².